The van der Waals surface area contributed by atoms with Crippen molar-refractivity contribution in [2.24, 2.45) is 5.10 Å². The zero-order valence-electron chi connectivity index (χ0n) is 13.4. The van der Waals surface area contributed by atoms with Crippen LogP contribution >= 0.6 is 11.8 Å². The summed E-state index contributed by atoms with van der Waals surface area (Å²) >= 11 is 1.61. The summed E-state index contributed by atoms with van der Waals surface area (Å²) in [7, 11) is 0. The van der Waals surface area contributed by atoms with Gasteiger partial charge in [-0.25, -0.2) is 0 Å². The Morgan fingerprint density at radius 3 is 2.67 bits per heavy atom. The Bertz CT molecular complexity index is 784. The number of thioether (sulfide) groups is 1. The van der Waals surface area contributed by atoms with Crippen molar-refractivity contribution in [1.29, 1.82) is 0 Å². The van der Waals surface area contributed by atoms with Gasteiger partial charge in [0.1, 0.15) is 12.1 Å². The Labute approximate surface area is 145 Å². The fourth-order valence-electron chi connectivity index (χ4n) is 2.06. The van der Waals surface area contributed by atoms with Crippen LogP contribution in [0.4, 0.5) is 0 Å². The lowest BCUT2D eigenvalue weighted by atomic mass is 10.2. The summed E-state index contributed by atoms with van der Waals surface area (Å²) in [6, 6.07) is 18.1. The van der Waals surface area contributed by atoms with E-state index in [2.05, 4.69) is 27.4 Å². The van der Waals surface area contributed by atoms with Crippen LogP contribution in [0, 0.1) is 0 Å². The highest BCUT2D eigenvalue weighted by Gasteiger charge is 2.04. The first kappa shape index (κ1) is 16.3. The minimum atomic E-state index is 0.663. The minimum Gasteiger partial charge on any atom is -0.494 e. The van der Waals surface area contributed by atoms with Gasteiger partial charge < -0.3 is 4.74 Å². The molecule has 1 heterocycles. The second-order valence-corrected chi connectivity index (χ2v) is 5.92. The second kappa shape index (κ2) is 8.31. The number of hydrogen-bond donors (Lipinski definition) is 0. The summed E-state index contributed by atoms with van der Waals surface area (Å²) in [6.07, 6.45) is 3.39. The van der Waals surface area contributed by atoms with E-state index in [9.17, 15) is 0 Å². The van der Waals surface area contributed by atoms with Crippen LogP contribution in [0.5, 0.6) is 5.75 Å². The van der Waals surface area contributed by atoms with Crippen LogP contribution in [-0.4, -0.2) is 27.7 Å². The van der Waals surface area contributed by atoms with Crippen molar-refractivity contribution in [3.05, 3.63) is 72.1 Å². The minimum absolute atomic E-state index is 0.663. The summed E-state index contributed by atoms with van der Waals surface area (Å²) in [4.78, 5) is 0. The van der Waals surface area contributed by atoms with Crippen molar-refractivity contribution in [2.45, 2.75) is 17.8 Å². The molecule has 0 bridgehead atoms. The molecule has 2 aromatic carbocycles. The Balaban J connectivity index is 1.64. The average molecular weight is 338 g/mol. The number of rotatable bonds is 7. The van der Waals surface area contributed by atoms with Gasteiger partial charge in [-0.3, -0.25) is 0 Å². The van der Waals surface area contributed by atoms with Crippen LogP contribution in [0.3, 0.4) is 0 Å². The summed E-state index contributed by atoms with van der Waals surface area (Å²) in [6.45, 7) is 2.63. The van der Waals surface area contributed by atoms with Gasteiger partial charge in [0.2, 0.25) is 5.16 Å². The zero-order valence-corrected chi connectivity index (χ0v) is 14.2. The first-order valence-corrected chi connectivity index (χ1v) is 8.67. The molecule has 0 aliphatic heterocycles. The van der Waals surface area contributed by atoms with Gasteiger partial charge in [-0.15, -0.1) is 10.2 Å². The lowest BCUT2D eigenvalue weighted by Crippen LogP contribution is -1.94. The Hall–Kier alpha value is -2.60. The molecular weight excluding hydrogens is 320 g/mol. The molecule has 6 heteroatoms. The zero-order chi connectivity index (χ0) is 16.6. The van der Waals surface area contributed by atoms with E-state index in [1.807, 2.05) is 49.4 Å². The number of aromatic nitrogens is 3. The topological polar surface area (TPSA) is 52.3 Å². The number of nitrogens with zero attached hydrogens (tertiary/aromatic N) is 4. The molecule has 122 valence electrons. The van der Waals surface area contributed by atoms with Gasteiger partial charge in [-0.2, -0.15) is 9.78 Å². The Kier molecular flexibility index (Phi) is 5.63. The fourth-order valence-corrected chi connectivity index (χ4v) is 2.88. The maximum absolute atomic E-state index is 5.43. The molecule has 0 saturated heterocycles. The highest BCUT2D eigenvalue weighted by Crippen LogP contribution is 2.20. The molecule has 0 saturated carbocycles. The Morgan fingerprint density at radius 2 is 1.92 bits per heavy atom. The third-order valence-electron chi connectivity index (χ3n) is 3.23. The van der Waals surface area contributed by atoms with Crippen molar-refractivity contribution in [3.8, 4) is 5.75 Å². The normalized spacial score (nSPS) is 11.0. The quantitative estimate of drug-likeness (QED) is 0.485. The van der Waals surface area contributed by atoms with E-state index in [0.717, 1.165) is 22.2 Å². The summed E-state index contributed by atoms with van der Waals surface area (Å²) in [5.41, 5.74) is 2.23. The van der Waals surface area contributed by atoms with Crippen molar-refractivity contribution in [2.75, 3.05) is 6.61 Å². The third kappa shape index (κ3) is 4.45. The van der Waals surface area contributed by atoms with Crippen LogP contribution in [0.2, 0.25) is 0 Å². The monoisotopic (exact) mass is 338 g/mol. The second-order valence-electron chi connectivity index (χ2n) is 4.98. The molecule has 0 aliphatic rings. The summed E-state index contributed by atoms with van der Waals surface area (Å²) in [5, 5.41) is 13.3. The van der Waals surface area contributed by atoms with E-state index in [-0.39, 0.29) is 0 Å². The van der Waals surface area contributed by atoms with E-state index in [4.69, 9.17) is 4.74 Å². The van der Waals surface area contributed by atoms with Crippen molar-refractivity contribution < 1.29 is 4.74 Å². The highest BCUT2D eigenvalue weighted by molar-refractivity contribution is 7.98. The van der Waals surface area contributed by atoms with Crippen molar-refractivity contribution >= 4 is 18.0 Å². The molecule has 0 fully saturated rings. The van der Waals surface area contributed by atoms with Crippen LogP contribution in [0.25, 0.3) is 0 Å². The van der Waals surface area contributed by atoms with Crippen LogP contribution < -0.4 is 4.74 Å². The molecule has 1 aromatic heterocycles. The van der Waals surface area contributed by atoms with E-state index < -0.39 is 0 Å². The maximum Gasteiger partial charge on any atom is 0.212 e. The number of hydrogen-bond acceptors (Lipinski definition) is 5. The standard InChI is InChI=1S/C18H18N4OS/c1-2-23-17-10-8-15(9-11-17)12-20-22-14-19-21-18(22)24-13-16-6-4-3-5-7-16/h3-12,14H,2,13H2,1H3. The smallest absolute Gasteiger partial charge is 0.212 e. The van der Waals surface area contributed by atoms with Crippen molar-refractivity contribution in [3.63, 3.8) is 0 Å². The summed E-state index contributed by atoms with van der Waals surface area (Å²) < 4.78 is 7.12. The number of benzene rings is 2. The molecule has 0 aliphatic carbocycles. The van der Waals surface area contributed by atoms with E-state index in [1.54, 1.807) is 29.0 Å². The highest BCUT2D eigenvalue weighted by atomic mass is 32.2. The first-order valence-electron chi connectivity index (χ1n) is 7.69. The molecule has 3 aromatic rings. The van der Waals surface area contributed by atoms with Crippen LogP contribution in [0.1, 0.15) is 18.1 Å². The maximum atomic E-state index is 5.43. The predicted molar refractivity (Wildman–Crippen MR) is 96.6 cm³/mol. The average Bonchev–Trinajstić information content (AvgIpc) is 3.08. The Morgan fingerprint density at radius 1 is 1.12 bits per heavy atom. The van der Waals surface area contributed by atoms with Gasteiger partial charge >= 0.3 is 0 Å². The molecule has 0 spiro atoms. The molecule has 0 radical (unpaired) electrons. The van der Waals surface area contributed by atoms with Crippen LogP contribution in [0.15, 0.2) is 71.2 Å². The van der Waals surface area contributed by atoms with E-state index in [0.29, 0.717) is 6.61 Å². The van der Waals surface area contributed by atoms with Gasteiger partial charge in [0.15, 0.2) is 0 Å². The SMILES string of the molecule is CCOc1ccc(C=Nn2cnnc2SCc2ccccc2)cc1. The molecule has 24 heavy (non-hydrogen) atoms. The first-order chi connectivity index (χ1) is 11.8. The van der Waals surface area contributed by atoms with Crippen molar-refractivity contribution in [1.82, 2.24) is 14.9 Å². The largest absolute Gasteiger partial charge is 0.494 e. The molecule has 3 rings (SSSR count). The predicted octanol–water partition coefficient (Wildman–Crippen LogP) is 3.85. The lowest BCUT2D eigenvalue weighted by Gasteiger charge is -2.03. The van der Waals surface area contributed by atoms with Gasteiger partial charge in [-0.1, -0.05) is 42.1 Å². The molecule has 0 unspecified atom stereocenters. The van der Waals surface area contributed by atoms with E-state index >= 15 is 0 Å². The molecule has 0 N–H and O–H groups in total. The lowest BCUT2D eigenvalue weighted by molar-refractivity contribution is 0.340. The van der Waals surface area contributed by atoms with Gasteiger partial charge in [0.05, 0.1) is 12.8 Å². The van der Waals surface area contributed by atoms with Gasteiger partial charge in [0.25, 0.3) is 0 Å². The van der Waals surface area contributed by atoms with Gasteiger partial charge in [-0.05, 0) is 42.3 Å². The molecular formula is C18H18N4OS. The fraction of sp³-hybridized carbons (Fsp3) is 0.167. The number of ether oxygens (including phenoxy) is 1. The third-order valence-corrected chi connectivity index (χ3v) is 4.24. The molecule has 0 atom stereocenters. The van der Waals surface area contributed by atoms with Gasteiger partial charge in [0, 0.05) is 5.75 Å². The molecule has 0 amide bonds. The molecule has 5 nitrogen and oxygen atoms in total. The van der Waals surface area contributed by atoms with Crippen LogP contribution in [-0.2, 0) is 5.75 Å². The summed E-state index contributed by atoms with van der Waals surface area (Å²) in [5.74, 6) is 1.69. The van der Waals surface area contributed by atoms with E-state index in [1.165, 1.54) is 5.56 Å².